The number of hydrogen-bond donors (Lipinski definition) is 0. The van der Waals surface area contributed by atoms with Crippen LogP contribution in [0.15, 0.2) is 29.1 Å². The van der Waals surface area contributed by atoms with Crippen LogP contribution in [-0.4, -0.2) is 5.97 Å². The number of rotatable bonds is 10. The van der Waals surface area contributed by atoms with Crippen molar-refractivity contribution in [3.05, 3.63) is 40.1 Å². The monoisotopic (exact) mass is 318 g/mol. The third-order valence-corrected chi connectivity index (χ3v) is 3.95. The molecular formula is C20H30O3. The highest BCUT2D eigenvalue weighted by atomic mass is 16.5. The van der Waals surface area contributed by atoms with Gasteiger partial charge in [0.15, 0.2) is 5.75 Å². The number of carbonyl (C=O) groups is 1. The number of carbonyl (C=O) groups excluding carboxylic acids is 1. The van der Waals surface area contributed by atoms with Gasteiger partial charge in [0, 0.05) is 6.42 Å². The fraction of sp³-hybridized carbons (Fsp3) is 0.600. The lowest BCUT2D eigenvalue weighted by Crippen LogP contribution is -2.12. The number of ether oxygens (including phenoxy) is 1. The third kappa shape index (κ3) is 7.96. The summed E-state index contributed by atoms with van der Waals surface area (Å²) in [6, 6.07) is 6.74. The Labute approximate surface area is 140 Å². The standard InChI is InChI=1S/C20H30O3/c1-4-5-6-7-8-9-10-14-20(22)23-19-15-17(16(2)3)12-11-13-18(19)21/h11-13,15-16H,4-10,14H2,1-3H3. The largest absolute Gasteiger partial charge is 0.422 e. The van der Waals surface area contributed by atoms with Crippen LogP contribution in [0.2, 0.25) is 0 Å². The molecule has 0 heterocycles. The van der Waals surface area contributed by atoms with Gasteiger partial charge < -0.3 is 4.74 Å². The van der Waals surface area contributed by atoms with Crippen molar-refractivity contribution in [2.75, 3.05) is 0 Å². The predicted molar refractivity (Wildman–Crippen MR) is 95.0 cm³/mol. The molecule has 0 bridgehead atoms. The summed E-state index contributed by atoms with van der Waals surface area (Å²) in [6.07, 6.45) is 8.46. The van der Waals surface area contributed by atoms with Gasteiger partial charge in [-0.25, -0.2) is 0 Å². The SMILES string of the molecule is CCCCCCCCCC(=O)Oc1cc(C(C)C)cccc1=O. The van der Waals surface area contributed by atoms with Crippen LogP contribution < -0.4 is 10.2 Å². The van der Waals surface area contributed by atoms with Gasteiger partial charge in [-0.05, 0) is 30.0 Å². The summed E-state index contributed by atoms with van der Waals surface area (Å²) in [5, 5.41) is 0. The maximum Gasteiger partial charge on any atom is 0.311 e. The molecule has 0 unspecified atom stereocenters. The molecule has 23 heavy (non-hydrogen) atoms. The van der Waals surface area contributed by atoms with Gasteiger partial charge in [-0.2, -0.15) is 0 Å². The molecule has 0 N–H and O–H groups in total. The van der Waals surface area contributed by atoms with Crippen LogP contribution in [-0.2, 0) is 4.79 Å². The van der Waals surface area contributed by atoms with Crippen LogP contribution in [0.3, 0.4) is 0 Å². The Balaban J connectivity index is 2.44. The molecule has 1 aromatic rings. The van der Waals surface area contributed by atoms with Gasteiger partial charge in [0.25, 0.3) is 0 Å². The summed E-state index contributed by atoms with van der Waals surface area (Å²) in [7, 11) is 0. The van der Waals surface area contributed by atoms with E-state index in [1.54, 1.807) is 12.1 Å². The first-order valence-electron chi connectivity index (χ1n) is 8.89. The van der Waals surface area contributed by atoms with E-state index in [1.807, 2.05) is 19.9 Å². The molecule has 0 atom stereocenters. The molecule has 0 aliphatic carbocycles. The minimum absolute atomic E-state index is 0.145. The Morgan fingerprint density at radius 2 is 1.70 bits per heavy atom. The summed E-state index contributed by atoms with van der Waals surface area (Å²) in [5.41, 5.74) is 0.746. The van der Waals surface area contributed by atoms with E-state index in [9.17, 15) is 9.59 Å². The van der Waals surface area contributed by atoms with Crippen LogP contribution in [0.4, 0.5) is 0 Å². The predicted octanol–water partition coefficient (Wildman–Crippen LogP) is 5.22. The molecule has 0 aliphatic rings. The summed E-state index contributed by atoms with van der Waals surface area (Å²) in [5.74, 6) is 0.116. The zero-order valence-corrected chi connectivity index (χ0v) is 14.8. The van der Waals surface area contributed by atoms with E-state index in [-0.39, 0.29) is 23.1 Å². The first-order chi connectivity index (χ1) is 11.0. The van der Waals surface area contributed by atoms with Gasteiger partial charge in [0.05, 0.1) is 0 Å². The highest BCUT2D eigenvalue weighted by Gasteiger charge is 2.09. The van der Waals surface area contributed by atoms with Crippen LogP contribution in [0, 0.1) is 0 Å². The second-order valence-electron chi connectivity index (χ2n) is 6.40. The fourth-order valence-corrected chi connectivity index (χ4v) is 2.44. The summed E-state index contributed by atoms with van der Waals surface area (Å²) < 4.78 is 5.29. The average Bonchev–Trinajstić information content (AvgIpc) is 2.69. The summed E-state index contributed by atoms with van der Waals surface area (Å²) >= 11 is 0. The molecule has 3 nitrogen and oxygen atoms in total. The molecule has 0 aliphatic heterocycles. The lowest BCUT2D eigenvalue weighted by atomic mass is 10.1. The first kappa shape index (κ1) is 19.4. The lowest BCUT2D eigenvalue weighted by Gasteiger charge is -2.05. The van der Waals surface area contributed by atoms with Crippen molar-refractivity contribution in [3.8, 4) is 5.75 Å². The van der Waals surface area contributed by atoms with Crippen LogP contribution in [0.5, 0.6) is 5.75 Å². The third-order valence-electron chi connectivity index (χ3n) is 3.95. The van der Waals surface area contributed by atoms with Crippen molar-refractivity contribution < 1.29 is 9.53 Å². The zero-order valence-electron chi connectivity index (χ0n) is 14.8. The molecule has 128 valence electrons. The van der Waals surface area contributed by atoms with Gasteiger partial charge in [-0.15, -0.1) is 0 Å². The van der Waals surface area contributed by atoms with E-state index in [0.717, 1.165) is 24.8 Å². The van der Waals surface area contributed by atoms with E-state index in [2.05, 4.69) is 6.92 Å². The maximum absolute atomic E-state index is 11.9. The quantitative estimate of drug-likeness (QED) is 0.439. The minimum Gasteiger partial charge on any atom is -0.422 e. The van der Waals surface area contributed by atoms with E-state index < -0.39 is 0 Å². The van der Waals surface area contributed by atoms with Crippen LogP contribution >= 0.6 is 0 Å². The molecule has 0 amide bonds. The second-order valence-corrected chi connectivity index (χ2v) is 6.40. The first-order valence-corrected chi connectivity index (χ1v) is 8.89. The summed E-state index contributed by atoms with van der Waals surface area (Å²) in [6.45, 7) is 6.29. The van der Waals surface area contributed by atoms with Gasteiger partial charge in [-0.3, -0.25) is 9.59 Å². The van der Waals surface area contributed by atoms with Crippen LogP contribution in [0.1, 0.15) is 83.6 Å². The van der Waals surface area contributed by atoms with Crippen molar-refractivity contribution in [3.63, 3.8) is 0 Å². The smallest absolute Gasteiger partial charge is 0.311 e. The van der Waals surface area contributed by atoms with Crippen molar-refractivity contribution in [2.24, 2.45) is 0 Å². The van der Waals surface area contributed by atoms with Gasteiger partial charge in [0.1, 0.15) is 0 Å². The van der Waals surface area contributed by atoms with E-state index >= 15 is 0 Å². The molecule has 0 saturated heterocycles. The molecule has 1 aromatic carbocycles. The second kappa shape index (κ2) is 11.0. The molecular weight excluding hydrogens is 288 g/mol. The molecule has 0 fully saturated rings. The topological polar surface area (TPSA) is 43.4 Å². The average molecular weight is 318 g/mol. The van der Waals surface area contributed by atoms with E-state index in [0.29, 0.717) is 6.42 Å². The molecule has 0 spiro atoms. The van der Waals surface area contributed by atoms with Crippen molar-refractivity contribution >= 4 is 5.97 Å². The van der Waals surface area contributed by atoms with Crippen LogP contribution in [0.25, 0.3) is 0 Å². The van der Waals surface area contributed by atoms with Crippen molar-refractivity contribution in [1.82, 2.24) is 0 Å². The van der Waals surface area contributed by atoms with Gasteiger partial charge >= 0.3 is 5.97 Å². The zero-order chi connectivity index (χ0) is 17.1. The highest BCUT2D eigenvalue weighted by Crippen LogP contribution is 2.17. The Hall–Kier alpha value is -1.64. The molecule has 0 saturated carbocycles. The van der Waals surface area contributed by atoms with Gasteiger partial charge in [0.2, 0.25) is 5.43 Å². The van der Waals surface area contributed by atoms with Crippen molar-refractivity contribution in [1.29, 1.82) is 0 Å². The van der Waals surface area contributed by atoms with Crippen molar-refractivity contribution in [2.45, 2.75) is 78.1 Å². The van der Waals surface area contributed by atoms with E-state index in [1.165, 1.54) is 31.7 Å². The van der Waals surface area contributed by atoms with Gasteiger partial charge in [-0.1, -0.05) is 71.4 Å². The minimum atomic E-state index is -0.309. The highest BCUT2D eigenvalue weighted by molar-refractivity contribution is 5.72. The number of unbranched alkanes of at least 4 members (excludes halogenated alkanes) is 6. The Morgan fingerprint density at radius 3 is 2.35 bits per heavy atom. The normalized spacial score (nSPS) is 10.8. The lowest BCUT2D eigenvalue weighted by molar-refractivity contribution is -0.134. The summed E-state index contributed by atoms with van der Waals surface area (Å²) in [4.78, 5) is 23.9. The Morgan fingerprint density at radius 1 is 1.04 bits per heavy atom. The molecule has 1 rings (SSSR count). The Bertz CT molecular complexity index is 535. The molecule has 0 aromatic heterocycles. The van der Waals surface area contributed by atoms with E-state index in [4.69, 9.17) is 4.74 Å². The molecule has 3 heteroatoms. The number of esters is 1. The number of hydrogen-bond acceptors (Lipinski definition) is 3. The Kier molecular flexibility index (Phi) is 9.27. The molecule has 0 radical (unpaired) electrons. The fourth-order valence-electron chi connectivity index (χ4n) is 2.44. The maximum atomic E-state index is 11.9.